The van der Waals surface area contributed by atoms with E-state index in [1.165, 1.54) is 0 Å². The summed E-state index contributed by atoms with van der Waals surface area (Å²) in [5, 5.41) is 0.447. The molecule has 0 bridgehead atoms. The van der Waals surface area contributed by atoms with Crippen LogP contribution in [0.4, 0.5) is 0 Å². The van der Waals surface area contributed by atoms with Crippen LogP contribution in [0.1, 0.15) is 27.7 Å². The Bertz CT molecular complexity index is 176. The largest absolute Gasteiger partial charge is 0.134 e. The molecule has 0 aliphatic carbocycles. The summed E-state index contributed by atoms with van der Waals surface area (Å²) in [5.74, 6) is 0. The van der Waals surface area contributed by atoms with E-state index in [0.717, 1.165) is 0 Å². The zero-order valence-corrected chi connectivity index (χ0v) is 9.65. The van der Waals surface area contributed by atoms with Crippen LogP contribution in [-0.4, -0.2) is 8.07 Å². The van der Waals surface area contributed by atoms with Crippen LogP contribution in [0.3, 0.4) is 0 Å². The molecule has 11 heavy (non-hydrogen) atoms. The second kappa shape index (κ2) is 3.42. The van der Waals surface area contributed by atoms with Gasteiger partial charge in [0.25, 0.3) is 0 Å². The molecule has 0 radical (unpaired) electrons. The van der Waals surface area contributed by atoms with Gasteiger partial charge in [0.1, 0.15) is 0 Å². The summed E-state index contributed by atoms with van der Waals surface area (Å²) in [4.78, 5) is 0. The number of allylic oxidation sites excluding steroid dienone is 1. The Labute approximate surface area is 72.0 Å². The summed E-state index contributed by atoms with van der Waals surface area (Å²) >= 11 is 0. The van der Waals surface area contributed by atoms with Gasteiger partial charge in [-0.05, 0) is 18.0 Å². The highest BCUT2D eigenvalue weighted by molar-refractivity contribution is 6.84. The first kappa shape index (κ1) is 10.7. The molecule has 0 nitrogen and oxygen atoms in total. The zero-order valence-electron chi connectivity index (χ0n) is 8.65. The van der Waals surface area contributed by atoms with Crippen molar-refractivity contribution < 1.29 is 0 Å². The SMILES string of the molecule is CC=C=C[Si](C)(C)C(C)(C)C. The van der Waals surface area contributed by atoms with Gasteiger partial charge >= 0.3 is 0 Å². The van der Waals surface area contributed by atoms with E-state index in [4.69, 9.17) is 0 Å². The zero-order chi connectivity index (χ0) is 9.12. The normalized spacial score (nSPS) is 12.2. The van der Waals surface area contributed by atoms with Gasteiger partial charge in [0.15, 0.2) is 0 Å². The van der Waals surface area contributed by atoms with Crippen LogP contribution in [0.2, 0.25) is 18.1 Å². The summed E-state index contributed by atoms with van der Waals surface area (Å²) in [6, 6.07) is 0. The topological polar surface area (TPSA) is 0 Å². The second-order valence-corrected chi connectivity index (χ2v) is 9.80. The molecule has 64 valence electrons. The van der Waals surface area contributed by atoms with Gasteiger partial charge in [-0.15, -0.1) is 5.73 Å². The van der Waals surface area contributed by atoms with E-state index in [1.54, 1.807) is 0 Å². The van der Waals surface area contributed by atoms with Crippen molar-refractivity contribution in [2.24, 2.45) is 0 Å². The van der Waals surface area contributed by atoms with Gasteiger partial charge in [-0.2, -0.15) is 0 Å². The Hall–Kier alpha value is -0.263. The van der Waals surface area contributed by atoms with E-state index in [9.17, 15) is 0 Å². The lowest BCUT2D eigenvalue weighted by molar-refractivity contribution is 0.729. The van der Waals surface area contributed by atoms with Crippen molar-refractivity contribution in [2.45, 2.75) is 45.8 Å². The third-order valence-corrected chi connectivity index (χ3v) is 7.30. The van der Waals surface area contributed by atoms with Crippen molar-refractivity contribution in [1.82, 2.24) is 0 Å². The predicted octanol–water partition coefficient (Wildman–Crippen LogP) is 3.77. The van der Waals surface area contributed by atoms with Crippen LogP contribution in [0, 0.1) is 0 Å². The molecule has 0 saturated carbocycles. The fourth-order valence-corrected chi connectivity index (χ4v) is 1.52. The third kappa shape index (κ3) is 3.09. The van der Waals surface area contributed by atoms with Crippen LogP contribution in [0.25, 0.3) is 0 Å². The van der Waals surface area contributed by atoms with Gasteiger partial charge in [-0.3, -0.25) is 0 Å². The lowest BCUT2D eigenvalue weighted by Gasteiger charge is -2.33. The Morgan fingerprint density at radius 3 is 1.91 bits per heavy atom. The fraction of sp³-hybridized carbons (Fsp3) is 0.700. The first-order valence-corrected chi connectivity index (χ1v) is 7.27. The van der Waals surface area contributed by atoms with Crippen molar-refractivity contribution in [2.75, 3.05) is 0 Å². The summed E-state index contributed by atoms with van der Waals surface area (Å²) in [6.07, 6.45) is 1.99. The lowest BCUT2D eigenvalue weighted by atomic mass is 10.2. The van der Waals surface area contributed by atoms with Gasteiger partial charge < -0.3 is 0 Å². The van der Waals surface area contributed by atoms with Crippen LogP contribution < -0.4 is 0 Å². The highest BCUT2D eigenvalue weighted by Crippen LogP contribution is 2.36. The Balaban J connectivity index is 4.60. The van der Waals surface area contributed by atoms with Gasteiger partial charge in [0.05, 0.1) is 8.07 Å². The highest BCUT2D eigenvalue weighted by Gasteiger charge is 2.32. The van der Waals surface area contributed by atoms with Crippen LogP contribution in [-0.2, 0) is 0 Å². The minimum atomic E-state index is -1.19. The molecule has 0 heterocycles. The van der Waals surface area contributed by atoms with Crippen molar-refractivity contribution in [1.29, 1.82) is 0 Å². The molecular formula is C10H20Si. The maximum absolute atomic E-state index is 3.21. The second-order valence-electron chi connectivity index (χ2n) is 4.57. The van der Waals surface area contributed by atoms with E-state index in [-0.39, 0.29) is 0 Å². The predicted molar refractivity (Wildman–Crippen MR) is 55.5 cm³/mol. The molecule has 0 aromatic heterocycles. The van der Waals surface area contributed by atoms with Crippen molar-refractivity contribution in [3.63, 3.8) is 0 Å². The van der Waals surface area contributed by atoms with Crippen LogP contribution in [0.15, 0.2) is 17.5 Å². The third-order valence-electron chi connectivity index (χ3n) is 2.54. The molecular weight excluding hydrogens is 148 g/mol. The Morgan fingerprint density at radius 1 is 1.18 bits per heavy atom. The first-order chi connectivity index (χ1) is 4.81. The molecule has 0 aliphatic heterocycles. The smallest absolute Gasteiger partial charge is 0.0864 e. The van der Waals surface area contributed by atoms with Crippen LogP contribution >= 0.6 is 0 Å². The first-order valence-electron chi connectivity index (χ1n) is 4.19. The maximum atomic E-state index is 3.21. The van der Waals surface area contributed by atoms with Gasteiger partial charge in [0, 0.05) is 0 Å². The average molecular weight is 168 g/mol. The summed E-state index contributed by atoms with van der Waals surface area (Å²) in [6.45, 7) is 13.7. The molecule has 0 aromatic carbocycles. The minimum absolute atomic E-state index is 0.447. The Morgan fingerprint density at radius 2 is 1.64 bits per heavy atom. The molecule has 0 amide bonds. The van der Waals surface area contributed by atoms with E-state index >= 15 is 0 Å². The number of hydrogen-bond acceptors (Lipinski definition) is 0. The average Bonchev–Trinajstić information content (AvgIpc) is 1.81. The molecule has 0 atom stereocenters. The van der Waals surface area contributed by atoms with E-state index in [0.29, 0.717) is 5.04 Å². The van der Waals surface area contributed by atoms with E-state index < -0.39 is 8.07 Å². The molecule has 0 saturated heterocycles. The maximum Gasteiger partial charge on any atom is 0.0864 e. The molecule has 0 N–H and O–H groups in total. The minimum Gasteiger partial charge on any atom is -0.134 e. The van der Waals surface area contributed by atoms with Gasteiger partial charge in [0.2, 0.25) is 0 Å². The van der Waals surface area contributed by atoms with Crippen molar-refractivity contribution in [3.05, 3.63) is 17.5 Å². The fourth-order valence-electron chi connectivity index (χ4n) is 0.508. The van der Waals surface area contributed by atoms with Crippen LogP contribution in [0.5, 0.6) is 0 Å². The molecule has 0 spiro atoms. The quantitative estimate of drug-likeness (QED) is 0.413. The lowest BCUT2D eigenvalue weighted by Crippen LogP contribution is -2.34. The van der Waals surface area contributed by atoms with Gasteiger partial charge in [-0.25, -0.2) is 0 Å². The summed E-state index contributed by atoms with van der Waals surface area (Å²) < 4.78 is 0. The summed E-state index contributed by atoms with van der Waals surface area (Å²) in [7, 11) is -1.19. The highest BCUT2D eigenvalue weighted by atomic mass is 28.3. The van der Waals surface area contributed by atoms with E-state index in [1.807, 2.05) is 13.0 Å². The number of hydrogen-bond donors (Lipinski definition) is 0. The molecule has 0 aliphatic rings. The van der Waals surface area contributed by atoms with Gasteiger partial charge in [-0.1, -0.05) is 39.6 Å². The standard InChI is InChI=1S/C10H20Si/c1-7-8-9-11(5,6)10(2,3)4/h7,9H,1-6H3. The summed E-state index contributed by atoms with van der Waals surface area (Å²) in [5.41, 5.74) is 5.49. The molecule has 0 aromatic rings. The molecule has 0 fully saturated rings. The number of rotatable bonds is 1. The monoisotopic (exact) mass is 168 g/mol. The Kier molecular flexibility index (Phi) is 3.34. The molecule has 0 rings (SSSR count). The van der Waals surface area contributed by atoms with Crippen molar-refractivity contribution in [3.8, 4) is 0 Å². The van der Waals surface area contributed by atoms with Crippen molar-refractivity contribution >= 4 is 8.07 Å². The van der Waals surface area contributed by atoms with E-state index in [2.05, 4.69) is 45.3 Å². The molecule has 1 heteroatoms. The molecule has 0 unspecified atom stereocenters.